The Balaban J connectivity index is 4.72. The van der Waals surface area contributed by atoms with Gasteiger partial charge in [0.2, 0.25) is 5.91 Å². The van der Waals surface area contributed by atoms with Gasteiger partial charge in [0.25, 0.3) is 0 Å². The van der Waals surface area contributed by atoms with E-state index in [1.54, 1.807) is 0 Å². The van der Waals surface area contributed by atoms with Crippen LogP contribution in [0.15, 0.2) is 85.1 Å². The molecule has 0 aromatic carbocycles. The van der Waals surface area contributed by atoms with Crippen LogP contribution in [0.2, 0.25) is 0 Å². The quantitative estimate of drug-likeness (QED) is 0.0322. The van der Waals surface area contributed by atoms with Crippen molar-refractivity contribution in [2.24, 2.45) is 0 Å². The molecule has 0 saturated heterocycles. The summed E-state index contributed by atoms with van der Waals surface area (Å²) in [5.41, 5.74) is 0. The Hall–Kier alpha value is -2.96. The molecular formula is C55H95NO5. The summed E-state index contributed by atoms with van der Waals surface area (Å²) in [4.78, 5) is 26.1. The molecule has 3 unspecified atom stereocenters. The smallest absolute Gasteiger partial charge is 0.306 e. The molecule has 6 heteroatoms. The molecule has 0 fully saturated rings. The molecule has 61 heavy (non-hydrogen) atoms. The van der Waals surface area contributed by atoms with Gasteiger partial charge in [-0.05, 0) is 64.2 Å². The lowest BCUT2D eigenvalue weighted by molar-refractivity contribution is -0.151. The van der Waals surface area contributed by atoms with E-state index in [1.807, 2.05) is 24.3 Å². The second-order valence-corrected chi connectivity index (χ2v) is 17.0. The normalized spacial score (nSPS) is 14.0. The third kappa shape index (κ3) is 43.5. The van der Waals surface area contributed by atoms with E-state index < -0.39 is 18.2 Å². The predicted octanol–water partition coefficient (Wildman–Crippen LogP) is 15.2. The average Bonchev–Trinajstić information content (AvgIpc) is 3.25. The van der Waals surface area contributed by atoms with E-state index in [-0.39, 0.29) is 24.9 Å². The minimum atomic E-state index is -0.807. The van der Waals surface area contributed by atoms with E-state index in [1.165, 1.54) is 96.3 Å². The number of rotatable bonds is 44. The van der Waals surface area contributed by atoms with Crippen molar-refractivity contribution in [2.75, 3.05) is 6.61 Å². The van der Waals surface area contributed by atoms with E-state index in [2.05, 4.69) is 86.8 Å². The molecule has 3 atom stereocenters. The van der Waals surface area contributed by atoms with Gasteiger partial charge in [-0.3, -0.25) is 9.59 Å². The number of carbonyl (C=O) groups is 2. The largest absolute Gasteiger partial charge is 0.462 e. The first kappa shape index (κ1) is 58.0. The molecule has 0 bridgehead atoms. The Morgan fingerprint density at radius 2 is 0.885 bits per heavy atom. The van der Waals surface area contributed by atoms with Crippen LogP contribution in [0.25, 0.3) is 0 Å². The van der Waals surface area contributed by atoms with Crippen LogP contribution in [0.1, 0.15) is 226 Å². The summed E-state index contributed by atoms with van der Waals surface area (Å²) in [5.74, 6) is -0.555. The zero-order valence-corrected chi connectivity index (χ0v) is 39.8. The van der Waals surface area contributed by atoms with Gasteiger partial charge < -0.3 is 20.3 Å². The van der Waals surface area contributed by atoms with E-state index in [4.69, 9.17) is 4.74 Å². The topological polar surface area (TPSA) is 95.9 Å². The van der Waals surface area contributed by atoms with Crippen LogP contribution in [0.5, 0.6) is 0 Å². The fourth-order valence-electron chi connectivity index (χ4n) is 7.22. The molecule has 0 saturated carbocycles. The molecule has 0 heterocycles. The lowest BCUT2D eigenvalue weighted by Gasteiger charge is -2.24. The highest BCUT2D eigenvalue weighted by Gasteiger charge is 2.24. The molecular weight excluding hydrogens is 755 g/mol. The van der Waals surface area contributed by atoms with Crippen LogP contribution in [0, 0.1) is 0 Å². The number of ether oxygens (including phenoxy) is 1. The molecule has 1 amide bonds. The number of aliphatic hydroxyl groups excluding tert-OH is 2. The van der Waals surface area contributed by atoms with Crippen LogP contribution in [0.4, 0.5) is 0 Å². The van der Waals surface area contributed by atoms with Crippen molar-refractivity contribution in [1.29, 1.82) is 0 Å². The van der Waals surface area contributed by atoms with Crippen molar-refractivity contribution in [3.8, 4) is 0 Å². The molecule has 0 aromatic rings. The maximum atomic E-state index is 13.2. The number of unbranched alkanes of at least 4 members (excludes halogenated alkanes) is 23. The van der Waals surface area contributed by atoms with Crippen LogP contribution < -0.4 is 5.32 Å². The van der Waals surface area contributed by atoms with Gasteiger partial charge in [-0.15, -0.1) is 0 Å². The van der Waals surface area contributed by atoms with Gasteiger partial charge in [0.1, 0.15) is 6.10 Å². The van der Waals surface area contributed by atoms with E-state index in [0.29, 0.717) is 19.3 Å². The third-order valence-electron chi connectivity index (χ3n) is 11.1. The highest BCUT2D eigenvalue weighted by Crippen LogP contribution is 2.16. The van der Waals surface area contributed by atoms with Gasteiger partial charge in [-0.2, -0.15) is 0 Å². The zero-order valence-electron chi connectivity index (χ0n) is 39.8. The van der Waals surface area contributed by atoms with Gasteiger partial charge in [-0.25, -0.2) is 0 Å². The van der Waals surface area contributed by atoms with Crippen molar-refractivity contribution >= 4 is 11.9 Å². The molecule has 0 rings (SSSR count). The molecule has 3 N–H and O–H groups in total. The number of carbonyl (C=O) groups excluding carboxylic acids is 2. The summed E-state index contributed by atoms with van der Waals surface area (Å²) in [6.07, 6.45) is 62.1. The lowest BCUT2D eigenvalue weighted by atomic mass is 10.0. The Kier molecular flexibility index (Phi) is 45.7. The maximum Gasteiger partial charge on any atom is 0.306 e. The summed E-state index contributed by atoms with van der Waals surface area (Å²) >= 11 is 0. The fraction of sp³-hybridized carbons (Fsp3) is 0.709. The first-order chi connectivity index (χ1) is 30.0. The van der Waals surface area contributed by atoms with Gasteiger partial charge >= 0.3 is 5.97 Å². The molecule has 0 radical (unpaired) electrons. The number of aliphatic hydroxyl groups is 2. The van der Waals surface area contributed by atoms with E-state index in [0.717, 1.165) is 83.5 Å². The van der Waals surface area contributed by atoms with Gasteiger partial charge in [0.15, 0.2) is 0 Å². The minimum Gasteiger partial charge on any atom is -0.462 e. The van der Waals surface area contributed by atoms with Crippen LogP contribution >= 0.6 is 0 Å². The standard InChI is InChI=1S/C55H95NO5/c1-4-7-10-13-16-19-22-24-26-27-28-29-31-33-36-39-42-45-48-55(60)61-51(46-43-40-37-34-32-30-25-23-20-17-14-11-8-5-2)49-54(59)56-52(50-57)53(58)47-44-41-38-35-21-18-15-12-9-6-3/h10,13,16,19,22,24,26-30,32,34,37,51-53,57-58H,4-9,11-12,14-15,17-18,20-21,23,25,31,33,35-36,38-50H2,1-3H3,(H,56,59)/b13-10+,19-16+,24-22+,27-26+,29-28+,32-30+,37-34+. The summed E-state index contributed by atoms with van der Waals surface area (Å²) in [6.45, 7) is 6.35. The Morgan fingerprint density at radius 1 is 0.475 bits per heavy atom. The zero-order chi connectivity index (χ0) is 44.5. The summed E-state index contributed by atoms with van der Waals surface area (Å²) < 4.78 is 5.89. The number of amides is 1. The molecule has 0 aromatic heterocycles. The molecule has 6 nitrogen and oxygen atoms in total. The van der Waals surface area contributed by atoms with Crippen molar-refractivity contribution in [1.82, 2.24) is 5.32 Å². The first-order valence-corrected chi connectivity index (χ1v) is 25.4. The molecule has 0 spiro atoms. The van der Waals surface area contributed by atoms with Crippen LogP contribution in [-0.2, 0) is 14.3 Å². The molecule has 0 aliphatic heterocycles. The average molecular weight is 850 g/mol. The summed E-state index contributed by atoms with van der Waals surface area (Å²) in [7, 11) is 0. The van der Waals surface area contributed by atoms with E-state index >= 15 is 0 Å². The fourth-order valence-corrected chi connectivity index (χ4v) is 7.22. The summed E-state index contributed by atoms with van der Waals surface area (Å²) in [5, 5.41) is 23.7. The SMILES string of the molecule is CCC/C=C/C=C/C=C/C=C/C=C/CCCCCCCC(=O)OC(CCC/C=C/C=C/CCCCCCCCC)CC(=O)NC(CO)C(O)CCCCCCCCCCCC. The predicted molar refractivity (Wildman–Crippen MR) is 264 cm³/mol. The third-order valence-corrected chi connectivity index (χ3v) is 11.1. The van der Waals surface area contributed by atoms with Crippen molar-refractivity contribution in [2.45, 2.75) is 244 Å². The Morgan fingerprint density at radius 3 is 1.38 bits per heavy atom. The lowest BCUT2D eigenvalue weighted by Crippen LogP contribution is -2.46. The number of hydrogen-bond donors (Lipinski definition) is 3. The first-order valence-electron chi connectivity index (χ1n) is 25.4. The van der Waals surface area contributed by atoms with Crippen molar-refractivity contribution < 1.29 is 24.5 Å². The van der Waals surface area contributed by atoms with Gasteiger partial charge in [-0.1, -0.05) is 234 Å². The monoisotopic (exact) mass is 850 g/mol. The van der Waals surface area contributed by atoms with Crippen molar-refractivity contribution in [3.63, 3.8) is 0 Å². The maximum absolute atomic E-state index is 13.2. The number of nitrogens with one attached hydrogen (secondary N) is 1. The molecule has 0 aliphatic carbocycles. The van der Waals surface area contributed by atoms with Gasteiger partial charge in [0, 0.05) is 6.42 Å². The highest BCUT2D eigenvalue weighted by molar-refractivity contribution is 5.77. The summed E-state index contributed by atoms with van der Waals surface area (Å²) in [6, 6.07) is -0.724. The number of allylic oxidation sites excluding steroid dienone is 14. The number of hydrogen-bond acceptors (Lipinski definition) is 5. The van der Waals surface area contributed by atoms with Gasteiger partial charge in [0.05, 0.1) is 25.2 Å². The number of esters is 1. The Bertz CT molecular complexity index is 1180. The van der Waals surface area contributed by atoms with Crippen LogP contribution in [-0.4, -0.2) is 46.9 Å². The minimum absolute atomic E-state index is 0.0298. The molecule has 350 valence electrons. The Labute approximate surface area is 376 Å². The van der Waals surface area contributed by atoms with Crippen molar-refractivity contribution in [3.05, 3.63) is 85.1 Å². The van der Waals surface area contributed by atoms with E-state index in [9.17, 15) is 19.8 Å². The second-order valence-electron chi connectivity index (χ2n) is 17.0. The van der Waals surface area contributed by atoms with Crippen LogP contribution in [0.3, 0.4) is 0 Å². The highest BCUT2D eigenvalue weighted by atomic mass is 16.5. The second kappa shape index (κ2) is 48.1. The molecule has 0 aliphatic rings.